The Labute approximate surface area is 120 Å². The predicted octanol–water partition coefficient (Wildman–Crippen LogP) is 4.03. The van der Waals surface area contributed by atoms with Gasteiger partial charge < -0.3 is 5.32 Å². The molecule has 0 saturated carbocycles. The Morgan fingerprint density at radius 3 is 2.68 bits per heavy atom. The molecule has 98 valence electrons. The monoisotopic (exact) mass is 346 g/mol. The first-order chi connectivity index (χ1) is 8.97. The average molecular weight is 348 g/mol. The molecule has 1 aromatic carbocycles. The fourth-order valence-corrected chi connectivity index (χ4v) is 1.85. The quantitative estimate of drug-likeness (QED) is 0.658. The van der Waals surface area contributed by atoms with E-state index in [0.29, 0.717) is 0 Å². The zero-order valence-corrected chi connectivity index (χ0v) is 11.6. The van der Waals surface area contributed by atoms with Crippen molar-refractivity contribution < 1.29 is 13.6 Å². The van der Waals surface area contributed by atoms with Crippen LogP contribution in [0.25, 0.3) is 0 Å². The van der Waals surface area contributed by atoms with Gasteiger partial charge >= 0.3 is 0 Å². The number of amides is 1. The van der Waals surface area contributed by atoms with Gasteiger partial charge in [0.15, 0.2) is 0 Å². The molecule has 0 aliphatic carbocycles. The number of hydrogen-bond acceptors (Lipinski definition) is 2. The number of anilines is 1. The van der Waals surface area contributed by atoms with E-state index in [4.69, 9.17) is 11.6 Å². The van der Waals surface area contributed by atoms with Gasteiger partial charge in [0.05, 0.1) is 10.2 Å². The van der Waals surface area contributed by atoms with Crippen molar-refractivity contribution in [1.82, 2.24) is 4.98 Å². The number of aromatic nitrogens is 1. The number of nitrogens with zero attached hydrogens (tertiary/aromatic N) is 1. The summed E-state index contributed by atoms with van der Waals surface area (Å²) in [5.74, 6) is -2.03. The van der Waals surface area contributed by atoms with Crippen LogP contribution in [0, 0.1) is 11.6 Å². The van der Waals surface area contributed by atoms with Crippen molar-refractivity contribution in [2.45, 2.75) is 0 Å². The first kappa shape index (κ1) is 13.9. The highest BCUT2D eigenvalue weighted by atomic mass is 79.9. The first-order valence-electron chi connectivity index (χ1n) is 5.05. The van der Waals surface area contributed by atoms with Crippen molar-refractivity contribution in [2.24, 2.45) is 0 Å². The molecule has 0 unspecified atom stereocenters. The van der Waals surface area contributed by atoms with Gasteiger partial charge in [0, 0.05) is 17.8 Å². The van der Waals surface area contributed by atoms with Gasteiger partial charge in [-0.1, -0.05) is 11.6 Å². The Hall–Kier alpha value is -1.53. The fraction of sp³-hybridized carbons (Fsp3) is 0. The van der Waals surface area contributed by atoms with E-state index in [1.807, 2.05) is 0 Å². The zero-order valence-electron chi connectivity index (χ0n) is 9.25. The molecule has 0 radical (unpaired) electrons. The van der Waals surface area contributed by atoms with E-state index in [9.17, 15) is 13.6 Å². The molecule has 7 heteroatoms. The molecule has 0 aliphatic heterocycles. The second-order valence-corrected chi connectivity index (χ2v) is 4.81. The van der Waals surface area contributed by atoms with Crippen molar-refractivity contribution in [3.63, 3.8) is 0 Å². The van der Waals surface area contributed by atoms with Crippen LogP contribution in [0.1, 0.15) is 10.4 Å². The highest BCUT2D eigenvalue weighted by molar-refractivity contribution is 9.10. The maximum atomic E-state index is 13.5. The molecule has 0 saturated heterocycles. The molecular weight excluding hydrogens is 341 g/mol. The van der Waals surface area contributed by atoms with Crippen molar-refractivity contribution >= 4 is 39.1 Å². The minimum absolute atomic E-state index is 0.0186. The summed E-state index contributed by atoms with van der Waals surface area (Å²) in [6, 6.07) is 4.56. The summed E-state index contributed by atoms with van der Waals surface area (Å²) < 4.78 is 26.8. The van der Waals surface area contributed by atoms with Crippen molar-refractivity contribution in [3.05, 3.63) is 57.3 Å². The number of benzene rings is 1. The molecule has 1 N–H and O–H groups in total. The van der Waals surface area contributed by atoms with Gasteiger partial charge in [-0.15, -0.1) is 0 Å². The highest BCUT2D eigenvalue weighted by Gasteiger charge is 2.12. The summed E-state index contributed by atoms with van der Waals surface area (Å²) >= 11 is 8.49. The topological polar surface area (TPSA) is 42.0 Å². The summed E-state index contributed by atoms with van der Waals surface area (Å²) in [4.78, 5) is 15.5. The van der Waals surface area contributed by atoms with Crippen LogP contribution in [-0.4, -0.2) is 10.9 Å². The number of rotatable bonds is 2. The third-order valence-corrected chi connectivity index (χ3v) is 3.06. The van der Waals surface area contributed by atoms with Gasteiger partial charge in [0.1, 0.15) is 16.8 Å². The lowest BCUT2D eigenvalue weighted by Gasteiger charge is -2.07. The van der Waals surface area contributed by atoms with Crippen LogP contribution < -0.4 is 5.32 Å². The lowest BCUT2D eigenvalue weighted by atomic mass is 10.2. The van der Waals surface area contributed by atoms with Gasteiger partial charge in [-0.25, -0.2) is 13.8 Å². The second kappa shape index (κ2) is 5.63. The molecule has 2 aromatic rings. The summed E-state index contributed by atoms with van der Waals surface area (Å²) in [5, 5.41) is 2.39. The molecule has 19 heavy (non-hydrogen) atoms. The van der Waals surface area contributed by atoms with Gasteiger partial charge in [-0.05, 0) is 34.1 Å². The van der Waals surface area contributed by atoms with Gasteiger partial charge in [0.2, 0.25) is 0 Å². The number of hydrogen-bond donors (Lipinski definition) is 1. The zero-order chi connectivity index (χ0) is 14.0. The van der Waals surface area contributed by atoms with Crippen molar-refractivity contribution in [1.29, 1.82) is 0 Å². The van der Waals surface area contributed by atoms with Gasteiger partial charge in [0.25, 0.3) is 5.91 Å². The van der Waals surface area contributed by atoms with Crippen LogP contribution >= 0.6 is 27.5 Å². The SMILES string of the molecule is O=C(Nc1cc(F)c(Br)cc1F)c1ccnc(Cl)c1. The third kappa shape index (κ3) is 3.27. The molecule has 0 atom stereocenters. The van der Waals surface area contributed by atoms with E-state index in [-0.39, 0.29) is 20.9 Å². The Bertz CT molecular complexity index is 652. The maximum absolute atomic E-state index is 13.5. The summed E-state index contributed by atoms with van der Waals surface area (Å²) in [6.45, 7) is 0. The van der Waals surface area contributed by atoms with E-state index in [1.54, 1.807) is 0 Å². The van der Waals surface area contributed by atoms with E-state index in [2.05, 4.69) is 26.2 Å². The molecule has 1 amide bonds. The van der Waals surface area contributed by atoms with Crippen LogP contribution in [0.15, 0.2) is 34.9 Å². The lowest BCUT2D eigenvalue weighted by Crippen LogP contribution is -2.13. The Morgan fingerprint density at radius 1 is 1.26 bits per heavy atom. The molecule has 0 fully saturated rings. The lowest BCUT2D eigenvalue weighted by molar-refractivity contribution is 0.102. The van der Waals surface area contributed by atoms with Crippen LogP contribution in [0.4, 0.5) is 14.5 Å². The number of halogens is 4. The number of pyridine rings is 1. The molecular formula is C12H6BrClF2N2O. The third-order valence-electron chi connectivity index (χ3n) is 2.25. The summed E-state index contributed by atoms with van der Waals surface area (Å²) in [5.41, 5.74) is -0.0543. The van der Waals surface area contributed by atoms with Gasteiger partial charge in [-0.2, -0.15) is 0 Å². The van der Waals surface area contributed by atoms with Crippen LogP contribution in [0.5, 0.6) is 0 Å². The normalized spacial score (nSPS) is 10.3. The maximum Gasteiger partial charge on any atom is 0.255 e. The summed E-state index contributed by atoms with van der Waals surface area (Å²) in [7, 11) is 0. The molecule has 0 bridgehead atoms. The minimum atomic E-state index is -0.748. The first-order valence-corrected chi connectivity index (χ1v) is 6.22. The Kier molecular flexibility index (Phi) is 4.11. The predicted molar refractivity (Wildman–Crippen MR) is 71.3 cm³/mol. The molecule has 2 rings (SSSR count). The van der Waals surface area contributed by atoms with Crippen molar-refractivity contribution in [2.75, 3.05) is 5.32 Å². The van der Waals surface area contributed by atoms with Crippen molar-refractivity contribution in [3.8, 4) is 0 Å². The molecule has 3 nitrogen and oxygen atoms in total. The average Bonchev–Trinajstić information content (AvgIpc) is 2.36. The van der Waals surface area contributed by atoms with Crippen LogP contribution in [-0.2, 0) is 0 Å². The largest absolute Gasteiger partial charge is 0.319 e. The van der Waals surface area contributed by atoms with E-state index in [1.165, 1.54) is 18.3 Å². The van der Waals surface area contributed by atoms with Crippen LogP contribution in [0.2, 0.25) is 5.15 Å². The standard InChI is InChI=1S/C12H6BrClF2N2O/c13-7-4-9(16)10(5-8(7)15)18-12(19)6-1-2-17-11(14)3-6/h1-5H,(H,18,19). The Morgan fingerprint density at radius 2 is 2.00 bits per heavy atom. The smallest absolute Gasteiger partial charge is 0.255 e. The van der Waals surface area contributed by atoms with Crippen LogP contribution in [0.3, 0.4) is 0 Å². The van der Waals surface area contributed by atoms with E-state index >= 15 is 0 Å². The summed E-state index contributed by atoms with van der Waals surface area (Å²) in [6.07, 6.45) is 1.34. The number of carbonyl (C=O) groups excluding carboxylic acids is 1. The highest BCUT2D eigenvalue weighted by Crippen LogP contribution is 2.23. The second-order valence-electron chi connectivity index (χ2n) is 3.57. The molecule has 0 aliphatic rings. The van der Waals surface area contributed by atoms with Gasteiger partial charge in [-0.3, -0.25) is 4.79 Å². The fourth-order valence-electron chi connectivity index (χ4n) is 1.36. The van der Waals surface area contributed by atoms with E-state index < -0.39 is 17.5 Å². The Balaban J connectivity index is 2.27. The number of carbonyl (C=O) groups is 1. The minimum Gasteiger partial charge on any atom is -0.319 e. The number of nitrogens with one attached hydrogen (secondary N) is 1. The van der Waals surface area contributed by atoms with E-state index in [0.717, 1.165) is 12.1 Å². The molecule has 0 spiro atoms. The molecule has 1 aromatic heterocycles. The molecule has 1 heterocycles.